The first-order chi connectivity index (χ1) is 12.2. The van der Waals surface area contributed by atoms with Gasteiger partial charge in [-0.2, -0.15) is 0 Å². The monoisotopic (exact) mass is 350 g/mol. The normalized spacial score (nSPS) is 13.7. The summed E-state index contributed by atoms with van der Waals surface area (Å²) in [7, 11) is 1.67. The molecule has 0 spiro atoms. The van der Waals surface area contributed by atoms with Crippen LogP contribution in [0.3, 0.4) is 0 Å². The Bertz CT molecular complexity index is 868. The van der Waals surface area contributed by atoms with Crippen LogP contribution in [0, 0.1) is 0 Å². The molecule has 0 fully saturated rings. The molecule has 25 heavy (non-hydrogen) atoms. The number of methoxy groups -OCH3 is 1. The Morgan fingerprint density at radius 3 is 2.56 bits per heavy atom. The molecule has 4 rings (SSSR count). The second-order valence-electron chi connectivity index (χ2n) is 6.29. The van der Waals surface area contributed by atoms with Crippen molar-refractivity contribution < 1.29 is 4.74 Å². The molecule has 0 aliphatic carbocycles. The van der Waals surface area contributed by atoms with Gasteiger partial charge in [-0.3, -0.25) is 9.88 Å². The highest BCUT2D eigenvalue weighted by Gasteiger charge is 2.20. The average molecular weight is 351 g/mol. The minimum absolute atomic E-state index is 0.803. The zero-order chi connectivity index (χ0) is 17.2. The largest absolute Gasteiger partial charge is 0.497 e. The second kappa shape index (κ2) is 6.87. The zero-order valence-corrected chi connectivity index (χ0v) is 14.8. The van der Waals surface area contributed by atoms with Gasteiger partial charge in [-0.1, -0.05) is 41.9 Å². The van der Waals surface area contributed by atoms with E-state index in [0.717, 1.165) is 47.1 Å². The van der Waals surface area contributed by atoms with Gasteiger partial charge in [0.15, 0.2) is 0 Å². The number of rotatable bonds is 4. The Morgan fingerprint density at radius 2 is 1.84 bits per heavy atom. The number of hydrogen-bond donors (Lipinski definition) is 0. The fourth-order valence-electron chi connectivity index (χ4n) is 3.26. The van der Waals surface area contributed by atoms with Crippen molar-refractivity contribution in [3.63, 3.8) is 0 Å². The molecule has 0 radical (unpaired) electrons. The number of ether oxygens (including phenoxy) is 1. The van der Waals surface area contributed by atoms with Gasteiger partial charge in [-0.25, -0.2) is 0 Å². The van der Waals surface area contributed by atoms with E-state index in [-0.39, 0.29) is 0 Å². The first-order valence-electron chi connectivity index (χ1n) is 8.31. The van der Waals surface area contributed by atoms with Gasteiger partial charge in [0.1, 0.15) is 5.75 Å². The van der Waals surface area contributed by atoms with Crippen LogP contribution >= 0.6 is 11.6 Å². The van der Waals surface area contributed by atoms with E-state index in [2.05, 4.69) is 28.1 Å². The van der Waals surface area contributed by atoms with Gasteiger partial charge in [0.2, 0.25) is 0 Å². The van der Waals surface area contributed by atoms with Crippen LogP contribution in [0.2, 0.25) is 5.02 Å². The van der Waals surface area contributed by atoms with Crippen molar-refractivity contribution >= 4 is 11.6 Å². The zero-order valence-electron chi connectivity index (χ0n) is 14.1. The van der Waals surface area contributed by atoms with Crippen LogP contribution in [0.1, 0.15) is 16.8 Å². The molecule has 1 aromatic heterocycles. The highest BCUT2D eigenvalue weighted by Crippen LogP contribution is 2.29. The van der Waals surface area contributed by atoms with Crippen LogP contribution in [-0.2, 0) is 19.6 Å². The average Bonchev–Trinajstić information content (AvgIpc) is 3.06. The summed E-state index contributed by atoms with van der Waals surface area (Å²) in [6, 6.07) is 18.5. The van der Waals surface area contributed by atoms with Crippen molar-refractivity contribution in [2.24, 2.45) is 0 Å². The molecular formula is C21H19ClN2O. The van der Waals surface area contributed by atoms with Crippen molar-refractivity contribution in [2.75, 3.05) is 7.11 Å². The fraction of sp³-hybridized carbons (Fsp3) is 0.190. The number of pyridine rings is 1. The lowest BCUT2D eigenvalue weighted by atomic mass is 10.0. The second-order valence-corrected chi connectivity index (χ2v) is 6.70. The van der Waals surface area contributed by atoms with Gasteiger partial charge in [-0.15, -0.1) is 0 Å². The molecule has 2 aromatic carbocycles. The van der Waals surface area contributed by atoms with Gasteiger partial charge in [0, 0.05) is 30.9 Å². The minimum Gasteiger partial charge on any atom is -0.497 e. The molecule has 3 aromatic rings. The maximum Gasteiger partial charge on any atom is 0.118 e. The van der Waals surface area contributed by atoms with Crippen LogP contribution in [-0.4, -0.2) is 17.0 Å². The number of fused-ring (bicyclic) bond motifs is 1. The summed E-state index contributed by atoms with van der Waals surface area (Å²) < 4.78 is 5.21. The summed E-state index contributed by atoms with van der Waals surface area (Å²) in [5.74, 6) is 0.855. The third kappa shape index (κ3) is 3.39. The number of aromatic nitrogens is 1. The smallest absolute Gasteiger partial charge is 0.118 e. The van der Waals surface area contributed by atoms with Gasteiger partial charge >= 0.3 is 0 Å². The van der Waals surface area contributed by atoms with Crippen LogP contribution < -0.4 is 4.74 Å². The van der Waals surface area contributed by atoms with Gasteiger partial charge < -0.3 is 4.74 Å². The van der Waals surface area contributed by atoms with E-state index in [1.54, 1.807) is 7.11 Å². The van der Waals surface area contributed by atoms with E-state index in [1.807, 2.05) is 42.6 Å². The minimum atomic E-state index is 0.803. The number of nitrogens with zero attached hydrogens (tertiary/aromatic N) is 2. The number of benzene rings is 2. The Balaban J connectivity index is 1.50. The first kappa shape index (κ1) is 16.1. The lowest BCUT2D eigenvalue weighted by Crippen LogP contribution is -2.16. The highest BCUT2D eigenvalue weighted by atomic mass is 35.5. The van der Waals surface area contributed by atoms with Crippen molar-refractivity contribution in [2.45, 2.75) is 19.6 Å². The molecule has 0 saturated carbocycles. The lowest BCUT2D eigenvalue weighted by Gasteiger charge is -2.16. The first-order valence-corrected chi connectivity index (χ1v) is 8.69. The molecule has 4 heteroatoms. The van der Waals surface area contributed by atoms with E-state index < -0.39 is 0 Å². The van der Waals surface area contributed by atoms with Crippen LogP contribution in [0.15, 0.2) is 60.8 Å². The summed E-state index contributed by atoms with van der Waals surface area (Å²) in [6.07, 6.45) is 1.86. The number of hydrogen-bond acceptors (Lipinski definition) is 3. The van der Waals surface area contributed by atoms with E-state index in [9.17, 15) is 0 Å². The Kier molecular flexibility index (Phi) is 4.43. The lowest BCUT2D eigenvalue weighted by molar-refractivity contribution is 0.274. The summed E-state index contributed by atoms with van der Waals surface area (Å²) in [5, 5.41) is 0.803. The number of halogens is 1. The van der Waals surface area contributed by atoms with Gasteiger partial charge in [0.25, 0.3) is 0 Å². The van der Waals surface area contributed by atoms with E-state index >= 15 is 0 Å². The molecule has 3 nitrogen and oxygen atoms in total. The summed E-state index contributed by atoms with van der Waals surface area (Å²) in [6.45, 7) is 2.64. The Morgan fingerprint density at radius 1 is 1.04 bits per heavy atom. The maximum absolute atomic E-state index is 6.56. The molecule has 0 atom stereocenters. The summed E-state index contributed by atoms with van der Waals surface area (Å²) in [4.78, 5) is 6.82. The van der Waals surface area contributed by atoms with E-state index in [0.29, 0.717) is 0 Å². The molecule has 0 amide bonds. The van der Waals surface area contributed by atoms with Gasteiger partial charge in [0.05, 0.1) is 12.8 Å². The molecule has 1 aliphatic heterocycles. The molecule has 1 aliphatic rings. The van der Waals surface area contributed by atoms with E-state index in [1.165, 1.54) is 11.3 Å². The summed E-state index contributed by atoms with van der Waals surface area (Å²) in [5.41, 5.74) is 5.88. The van der Waals surface area contributed by atoms with Crippen molar-refractivity contribution in [3.8, 4) is 16.9 Å². The standard InChI is InChI=1S/C21H19ClN2O/c1-25-19-8-6-15(7-9-19)16-4-5-17(20(22)11-16)12-24-13-18-3-2-10-23-21(18)14-24/h2-11H,12-14H2,1H3. The molecule has 0 unspecified atom stereocenters. The molecule has 126 valence electrons. The predicted molar refractivity (Wildman–Crippen MR) is 101 cm³/mol. The van der Waals surface area contributed by atoms with E-state index in [4.69, 9.17) is 16.3 Å². The molecular weight excluding hydrogens is 332 g/mol. The molecule has 0 N–H and O–H groups in total. The Labute approximate surface area is 152 Å². The Hall–Kier alpha value is -2.36. The van der Waals surface area contributed by atoms with Crippen LogP contribution in [0.4, 0.5) is 0 Å². The van der Waals surface area contributed by atoms with Crippen LogP contribution in [0.25, 0.3) is 11.1 Å². The SMILES string of the molecule is COc1ccc(-c2ccc(CN3Cc4cccnc4C3)c(Cl)c2)cc1. The third-order valence-electron chi connectivity index (χ3n) is 4.62. The molecule has 0 bridgehead atoms. The highest BCUT2D eigenvalue weighted by molar-refractivity contribution is 6.31. The van der Waals surface area contributed by atoms with Crippen molar-refractivity contribution in [1.29, 1.82) is 0 Å². The predicted octanol–water partition coefficient (Wildman–Crippen LogP) is 4.93. The van der Waals surface area contributed by atoms with Gasteiger partial charge in [-0.05, 0) is 46.5 Å². The summed E-state index contributed by atoms with van der Waals surface area (Å²) >= 11 is 6.56. The molecule has 0 saturated heterocycles. The molecule has 2 heterocycles. The maximum atomic E-state index is 6.56. The van der Waals surface area contributed by atoms with Crippen molar-refractivity contribution in [1.82, 2.24) is 9.88 Å². The van der Waals surface area contributed by atoms with Crippen LogP contribution in [0.5, 0.6) is 5.75 Å². The topological polar surface area (TPSA) is 25.4 Å². The van der Waals surface area contributed by atoms with Crippen molar-refractivity contribution in [3.05, 3.63) is 82.6 Å². The fourth-order valence-corrected chi connectivity index (χ4v) is 3.50. The third-order valence-corrected chi connectivity index (χ3v) is 4.97. The quantitative estimate of drug-likeness (QED) is 0.667.